The molecule has 1 aliphatic heterocycles. The van der Waals surface area contributed by atoms with Gasteiger partial charge in [-0.3, -0.25) is 0 Å². The van der Waals surface area contributed by atoms with Crippen LogP contribution in [0.2, 0.25) is 0 Å². The summed E-state index contributed by atoms with van der Waals surface area (Å²) < 4.78 is 0. The quantitative estimate of drug-likeness (QED) is 0.808. The lowest BCUT2D eigenvalue weighted by Crippen LogP contribution is -2.41. The van der Waals surface area contributed by atoms with Crippen LogP contribution in [-0.2, 0) is 0 Å². The Hall–Kier alpha value is -0.0800. The van der Waals surface area contributed by atoms with E-state index in [-0.39, 0.29) is 0 Å². The zero-order valence-corrected chi connectivity index (χ0v) is 12.5. The fourth-order valence-corrected chi connectivity index (χ4v) is 3.66. The smallest absolute Gasteiger partial charge is 0.00671 e. The summed E-state index contributed by atoms with van der Waals surface area (Å²) in [5.74, 6) is 1.88. The van der Waals surface area contributed by atoms with Crippen LogP contribution >= 0.6 is 0 Å². The third kappa shape index (κ3) is 4.24. The van der Waals surface area contributed by atoms with Crippen molar-refractivity contribution in [3.63, 3.8) is 0 Å². The van der Waals surface area contributed by atoms with E-state index < -0.39 is 0 Å². The zero-order valence-electron chi connectivity index (χ0n) is 12.5. The molecular weight excluding hydrogens is 220 g/mol. The zero-order chi connectivity index (χ0) is 12.8. The van der Waals surface area contributed by atoms with Gasteiger partial charge in [0.25, 0.3) is 0 Å². The van der Waals surface area contributed by atoms with Gasteiger partial charge in [-0.05, 0) is 70.6 Å². The van der Waals surface area contributed by atoms with Crippen molar-refractivity contribution in [3.8, 4) is 0 Å². The van der Waals surface area contributed by atoms with Crippen molar-refractivity contribution >= 4 is 0 Å². The lowest BCUT2D eigenvalue weighted by molar-refractivity contribution is 0.181. The van der Waals surface area contributed by atoms with Crippen LogP contribution in [0.3, 0.4) is 0 Å². The minimum Gasteiger partial charge on any atom is -0.314 e. The topological polar surface area (TPSA) is 15.3 Å². The van der Waals surface area contributed by atoms with E-state index >= 15 is 0 Å². The molecule has 0 radical (unpaired) electrons. The van der Waals surface area contributed by atoms with E-state index in [0.29, 0.717) is 0 Å². The van der Waals surface area contributed by atoms with E-state index in [1.807, 2.05) is 0 Å². The Morgan fingerprint density at radius 1 is 1.06 bits per heavy atom. The highest BCUT2D eigenvalue weighted by Crippen LogP contribution is 2.26. The lowest BCUT2D eigenvalue weighted by Gasteiger charge is -2.33. The van der Waals surface area contributed by atoms with E-state index in [0.717, 1.165) is 17.9 Å². The highest BCUT2D eigenvalue weighted by atomic mass is 15.1. The maximum absolute atomic E-state index is 3.84. The van der Waals surface area contributed by atoms with Gasteiger partial charge in [0.2, 0.25) is 0 Å². The number of likely N-dealkylation sites (tertiary alicyclic amines) is 1. The van der Waals surface area contributed by atoms with Crippen LogP contribution in [0, 0.1) is 11.8 Å². The molecule has 1 N–H and O–H groups in total. The van der Waals surface area contributed by atoms with Crippen molar-refractivity contribution in [1.82, 2.24) is 10.2 Å². The van der Waals surface area contributed by atoms with E-state index in [1.54, 1.807) is 0 Å². The molecule has 2 fully saturated rings. The summed E-state index contributed by atoms with van der Waals surface area (Å²) in [6, 6.07) is 0.745. The standard InChI is InChI=1S/C16H32N2/c1-3-18-11-9-15(10-12-18)13-17-14(2)16-7-5-4-6-8-16/h14-17H,3-13H2,1-2H3. The summed E-state index contributed by atoms with van der Waals surface area (Å²) >= 11 is 0. The predicted molar refractivity (Wildman–Crippen MR) is 78.9 cm³/mol. The van der Waals surface area contributed by atoms with Crippen LogP contribution in [0.15, 0.2) is 0 Å². The van der Waals surface area contributed by atoms with Crippen LogP contribution in [0.1, 0.15) is 58.8 Å². The maximum atomic E-state index is 3.84. The SMILES string of the molecule is CCN1CCC(CNC(C)C2CCCCC2)CC1. The fraction of sp³-hybridized carbons (Fsp3) is 1.00. The minimum absolute atomic E-state index is 0.745. The molecule has 0 bridgehead atoms. The molecule has 1 saturated heterocycles. The summed E-state index contributed by atoms with van der Waals surface area (Å²) in [5.41, 5.74) is 0. The number of rotatable bonds is 5. The maximum Gasteiger partial charge on any atom is 0.00671 e. The van der Waals surface area contributed by atoms with Gasteiger partial charge in [0.05, 0.1) is 0 Å². The molecule has 106 valence electrons. The molecule has 1 saturated carbocycles. The van der Waals surface area contributed by atoms with E-state index in [9.17, 15) is 0 Å². The molecule has 0 aromatic rings. The molecule has 1 atom stereocenters. The Bertz CT molecular complexity index is 215. The lowest BCUT2D eigenvalue weighted by atomic mass is 9.84. The van der Waals surface area contributed by atoms with Gasteiger partial charge in [-0.1, -0.05) is 26.2 Å². The molecule has 18 heavy (non-hydrogen) atoms. The Morgan fingerprint density at radius 2 is 1.72 bits per heavy atom. The fourth-order valence-electron chi connectivity index (χ4n) is 3.66. The van der Waals surface area contributed by atoms with E-state index in [2.05, 4.69) is 24.1 Å². The molecule has 2 aliphatic rings. The predicted octanol–water partition coefficient (Wildman–Crippen LogP) is 3.28. The minimum atomic E-state index is 0.745. The molecule has 0 aromatic carbocycles. The second-order valence-electron chi connectivity index (χ2n) is 6.47. The highest BCUT2D eigenvalue weighted by Gasteiger charge is 2.22. The second-order valence-corrected chi connectivity index (χ2v) is 6.47. The Kier molecular flexibility index (Phi) is 5.97. The van der Waals surface area contributed by atoms with Crippen LogP contribution < -0.4 is 5.32 Å². The monoisotopic (exact) mass is 252 g/mol. The third-order valence-corrected chi connectivity index (χ3v) is 5.24. The molecule has 2 rings (SSSR count). The number of nitrogens with zero attached hydrogens (tertiary/aromatic N) is 1. The average molecular weight is 252 g/mol. The van der Waals surface area contributed by atoms with Gasteiger partial charge >= 0.3 is 0 Å². The van der Waals surface area contributed by atoms with Crippen molar-refractivity contribution in [2.45, 2.75) is 64.8 Å². The number of piperidine rings is 1. The van der Waals surface area contributed by atoms with Crippen molar-refractivity contribution in [2.75, 3.05) is 26.2 Å². The molecule has 1 unspecified atom stereocenters. The van der Waals surface area contributed by atoms with Crippen molar-refractivity contribution in [1.29, 1.82) is 0 Å². The van der Waals surface area contributed by atoms with Gasteiger partial charge in [-0.2, -0.15) is 0 Å². The van der Waals surface area contributed by atoms with Gasteiger partial charge in [0.15, 0.2) is 0 Å². The molecule has 0 aromatic heterocycles. The largest absolute Gasteiger partial charge is 0.314 e. The molecule has 0 spiro atoms. The van der Waals surface area contributed by atoms with Gasteiger partial charge < -0.3 is 10.2 Å². The Labute approximate surface area is 114 Å². The molecule has 0 amide bonds. The summed E-state index contributed by atoms with van der Waals surface area (Å²) in [5, 5.41) is 3.84. The van der Waals surface area contributed by atoms with Crippen LogP contribution in [0.5, 0.6) is 0 Å². The first-order chi connectivity index (χ1) is 8.79. The van der Waals surface area contributed by atoms with Crippen molar-refractivity contribution in [2.24, 2.45) is 11.8 Å². The summed E-state index contributed by atoms with van der Waals surface area (Å²) in [7, 11) is 0. The highest BCUT2D eigenvalue weighted by molar-refractivity contribution is 4.79. The first kappa shape index (κ1) is 14.3. The Morgan fingerprint density at radius 3 is 2.33 bits per heavy atom. The number of hydrogen-bond donors (Lipinski definition) is 1. The Balaban J connectivity index is 1.62. The summed E-state index contributed by atoms with van der Waals surface area (Å²) in [6.45, 7) is 9.83. The average Bonchev–Trinajstić information content (AvgIpc) is 2.46. The van der Waals surface area contributed by atoms with Crippen LogP contribution in [-0.4, -0.2) is 37.1 Å². The molecule has 2 heteroatoms. The first-order valence-corrected chi connectivity index (χ1v) is 8.25. The first-order valence-electron chi connectivity index (χ1n) is 8.25. The summed E-state index contributed by atoms with van der Waals surface area (Å²) in [4.78, 5) is 2.58. The summed E-state index contributed by atoms with van der Waals surface area (Å²) in [6.07, 6.45) is 10.1. The number of nitrogens with one attached hydrogen (secondary N) is 1. The molecular formula is C16H32N2. The van der Waals surface area contributed by atoms with E-state index in [4.69, 9.17) is 0 Å². The van der Waals surface area contributed by atoms with Crippen molar-refractivity contribution < 1.29 is 0 Å². The van der Waals surface area contributed by atoms with Gasteiger partial charge in [0.1, 0.15) is 0 Å². The number of hydrogen-bond acceptors (Lipinski definition) is 2. The molecule has 2 nitrogen and oxygen atoms in total. The van der Waals surface area contributed by atoms with E-state index in [1.165, 1.54) is 71.1 Å². The van der Waals surface area contributed by atoms with Crippen molar-refractivity contribution in [3.05, 3.63) is 0 Å². The second kappa shape index (κ2) is 7.49. The van der Waals surface area contributed by atoms with Gasteiger partial charge in [-0.25, -0.2) is 0 Å². The normalized spacial score (nSPS) is 26.3. The third-order valence-electron chi connectivity index (χ3n) is 5.24. The molecule has 1 aliphatic carbocycles. The van der Waals surface area contributed by atoms with Crippen LogP contribution in [0.25, 0.3) is 0 Å². The van der Waals surface area contributed by atoms with Gasteiger partial charge in [0, 0.05) is 6.04 Å². The van der Waals surface area contributed by atoms with Gasteiger partial charge in [-0.15, -0.1) is 0 Å². The van der Waals surface area contributed by atoms with Crippen LogP contribution in [0.4, 0.5) is 0 Å². The molecule has 1 heterocycles.